The van der Waals surface area contributed by atoms with Crippen molar-refractivity contribution in [2.24, 2.45) is 0 Å². The molecule has 2 aromatic carbocycles. The van der Waals surface area contributed by atoms with Crippen LogP contribution in [0.4, 0.5) is 0 Å². The molecule has 7 heteroatoms. The van der Waals surface area contributed by atoms with E-state index in [1.54, 1.807) is 12.1 Å². The first-order valence-corrected chi connectivity index (χ1v) is 12.2. The third-order valence-corrected chi connectivity index (χ3v) is 7.80. The lowest BCUT2D eigenvalue weighted by molar-refractivity contribution is -0.927. The monoisotopic (exact) mass is 430 g/mol. The van der Waals surface area contributed by atoms with E-state index in [1.807, 2.05) is 18.2 Å². The average molecular weight is 431 g/mol. The molecule has 0 aromatic heterocycles. The van der Waals surface area contributed by atoms with Crippen LogP contribution in [-0.2, 0) is 10.0 Å². The van der Waals surface area contributed by atoms with Crippen molar-refractivity contribution >= 4 is 15.9 Å². The molecule has 1 aliphatic heterocycles. The molecule has 1 heterocycles. The molecule has 30 heavy (non-hydrogen) atoms. The van der Waals surface area contributed by atoms with Gasteiger partial charge < -0.3 is 10.2 Å². The molecule has 1 aliphatic rings. The number of carbonyl (C=O) groups excluding carboxylic acids is 1. The summed E-state index contributed by atoms with van der Waals surface area (Å²) in [6, 6.07) is 16.7. The zero-order valence-electron chi connectivity index (χ0n) is 17.8. The van der Waals surface area contributed by atoms with Gasteiger partial charge in [0.1, 0.15) is 6.04 Å². The Morgan fingerprint density at radius 2 is 1.60 bits per heavy atom. The Bertz CT molecular complexity index is 920. The zero-order valence-corrected chi connectivity index (χ0v) is 18.6. The van der Waals surface area contributed by atoms with Crippen molar-refractivity contribution in [1.82, 2.24) is 9.62 Å². The van der Waals surface area contributed by atoms with Gasteiger partial charge in [-0.25, -0.2) is 8.42 Å². The maximum atomic E-state index is 12.7. The molecule has 1 atom stereocenters. The van der Waals surface area contributed by atoms with Crippen molar-refractivity contribution < 1.29 is 18.1 Å². The first-order valence-electron chi connectivity index (χ1n) is 10.7. The highest BCUT2D eigenvalue weighted by atomic mass is 32.2. The predicted molar refractivity (Wildman–Crippen MR) is 118 cm³/mol. The molecule has 0 bridgehead atoms. The van der Waals surface area contributed by atoms with Gasteiger partial charge in [-0.05, 0) is 51.0 Å². The van der Waals surface area contributed by atoms with Crippen LogP contribution in [0.1, 0.15) is 48.7 Å². The summed E-state index contributed by atoms with van der Waals surface area (Å²) in [7, 11) is -3.46. The Kier molecular flexibility index (Phi) is 7.64. The average Bonchev–Trinajstić information content (AvgIpc) is 3.33. The van der Waals surface area contributed by atoms with Crippen LogP contribution >= 0.6 is 0 Å². The summed E-state index contributed by atoms with van der Waals surface area (Å²) in [6.45, 7) is 7.89. The second-order valence-electron chi connectivity index (χ2n) is 7.67. The van der Waals surface area contributed by atoms with Crippen LogP contribution in [0, 0.1) is 0 Å². The van der Waals surface area contributed by atoms with E-state index in [1.165, 1.54) is 26.9 Å². The van der Waals surface area contributed by atoms with Gasteiger partial charge in [0, 0.05) is 24.2 Å². The highest BCUT2D eigenvalue weighted by Crippen LogP contribution is 2.21. The van der Waals surface area contributed by atoms with Gasteiger partial charge >= 0.3 is 0 Å². The summed E-state index contributed by atoms with van der Waals surface area (Å²) in [5, 5.41) is 3.04. The van der Waals surface area contributed by atoms with Crippen molar-refractivity contribution in [3.8, 4) is 0 Å². The first-order chi connectivity index (χ1) is 14.5. The molecule has 1 saturated heterocycles. The van der Waals surface area contributed by atoms with Crippen molar-refractivity contribution in [2.75, 3.05) is 32.7 Å². The second kappa shape index (κ2) is 10.2. The van der Waals surface area contributed by atoms with Gasteiger partial charge in [-0.15, -0.1) is 0 Å². The zero-order chi connectivity index (χ0) is 21.6. The van der Waals surface area contributed by atoms with Gasteiger partial charge in [0.15, 0.2) is 0 Å². The molecule has 3 rings (SSSR count). The number of rotatable bonds is 9. The maximum Gasteiger partial charge on any atom is 0.251 e. The van der Waals surface area contributed by atoms with Crippen molar-refractivity contribution in [3.05, 3.63) is 65.7 Å². The van der Waals surface area contributed by atoms with Gasteiger partial charge in [0.25, 0.3) is 5.91 Å². The molecule has 2 N–H and O–H groups in total. The van der Waals surface area contributed by atoms with Crippen molar-refractivity contribution in [3.63, 3.8) is 0 Å². The number of amides is 1. The predicted octanol–water partition coefficient (Wildman–Crippen LogP) is 1.87. The van der Waals surface area contributed by atoms with Crippen LogP contribution in [0.5, 0.6) is 0 Å². The number of hydrogen-bond donors (Lipinski definition) is 2. The largest absolute Gasteiger partial charge is 0.346 e. The number of nitrogens with one attached hydrogen (secondary N) is 2. The maximum absolute atomic E-state index is 12.7. The van der Waals surface area contributed by atoms with E-state index >= 15 is 0 Å². The minimum Gasteiger partial charge on any atom is -0.346 e. The third kappa shape index (κ3) is 5.09. The Morgan fingerprint density at radius 1 is 1.00 bits per heavy atom. The second-order valence-corrected chi connectivity index (χ2v) is 9.61. The summed E-state index contributed by atoms with van der Waals surface area (Å²) < 4.78 is 26.8. The standard InChI is InChI=1S/C23H31N3O3S/c1-3-25(4-2)22(19-10-6-5-7-11-19)18-24-23(27)20-12-14-21(15-13-20)30(28,29)26-16-8-9-17-26/h5-7,10-15,22H,3-4,8-9,16-18H2,1-2H3,(H,24,27)/p+1/t22-/m1/s1. The van der Waals surface area contributed by atoms with E-state index in [-0.39, 0.29) is 16.8 Å². The van der Waals surface area contributed by atoms with Crippen LogP contribution < -0.4 is 10.2 Å². The van der Waals surface area contributed by atoms with E-state index in [0.29, 0.717) is 25.2 Å². The number of carbonyl (C=O) groups is 1. The highest BCUT2D eigenvalue weighted by Gasteiger charge is 2.27. The van der Waals surface area contributed by atoms with E-state index < -0.39 is 10.0 Å². The molecule has 0 spiro atoms. The van der Waals surface area contributed by atoms with Gasteiger partial charge in [0.2, 0.25) is 10.0 Å². The fourth-order valence-corrected chi connectivity index (χ4v) is 5.60. The lowest BCUT2D eigenvalue weighted by Crippen LogP contribution is -3.12. The van der Waals surface area contributed by atoms with Gasteiger partial charge in [-0.2, -0.15) is 4.31 Å². The summed E-state index contributed by atoms with van der Waals surface area (Å²) >= 11 is 0. The summed E-state index contributed by atoms with van der Waals surface area (Å²) in [5.41, 5.74) is 1.67. The number of quaternary nitrogens is 1. The molecule has 0 aliphatic carbocycles. The normalized spacial score (nSPS) is 16.0. The minimum atomic E-state index is -3.46. The topological polar surface area (TPSA) is 70.9 Å². The fraction of sp³-hybridized carbons (Fsp3) is 0.435. The molecule has 162 valence electrons. The van der Waals surface area contributed by atoms with Crippen molar-refractivity contribution in [1.29, 1.82) is 0 Å². The molecule has 6 nitrogen and oxygen atoms in total. The number of benzene rings is 2. The van der Waals surface area contributed by atoms with E-state index in [2.05, 4.69) is 31.3 Å². The Balaban J connectivity index is 1.69. The van der Waals surface area contributed by atoms with Crippen LogP contribution in [0.2, 0.25) is 0 Å². The van der Waals surface area contributed by atoms with Gasteiger partial charge in [-0.1, -0.05) is 30.3 Å². The third-order valence-electron chi connectivity index (χ3n) is 5.89. The first kappa shape index (κ1) is 22.5. The molecule has 2 aromatic rings. The number of nitrogens with zero attached hydrogens (tertiary/aromatic N) is 1. The van der Waals surface area contributed by atoms with Crippen LogP contribution in [0.15, 0.2) is 59.5 Å². The molecule has 0 saturated carbocycles. The van der Waals surface area contributed by atoms with E-state index in [9.17, 15) is 13.2 Å². The lowest BCUT2D eigenvalue weighted by Gasteiger charge is -2.27. The Morgan fingerprint density at radius 3 is 2.17 bits per heavy atom. The summed E-state index contributed by atoms with van der Waals surface area (Å²) in [6.07, 6.45) is 1.80. The van der Waals surface area contributed by atoms with Crippen LogP contribution in [0.3, 0.4) is 0 Å². The number of hydrogen-bond acceptors (Lipinski definition) is 3. The number of sulfonamides is 1. The van der Waals surface area contributed by atoms with Crippen molar-refractivity contribution in [2.45, 2.75) is 37.6 Å². The molecule has 1 fully saturated rings. The molecule has 0 radical (unpaired) electrons. The Hall–Kier alpha value is -2.22. The lowest BCUT2D eigenvalue weighted by atomic mass is 10.0. The Labute approximate surface area is 179 Å². The minimum absolute atomic E-state index is 0.167. The highest BCUT2D eigenvalue weighted by molar-refractivity contribution is 7.89. The van der Waals surface area contributed by atoms with Gasteiger partial charge in [-0.3, -0.25) is 4.79 Å². The van der Waals surface area contributed by atoms with Crippen LogP contribution in [-0.4, -0.2) is 51.4 Å². The smallest absolute Gasteiger partial charge is 0.251 e. The molecular weight excluding hydrogens is 398 g/mol. The molecular formula is C23H32N3O3S+. The van der Waals surface area contributed by atoms with Gasteiger partial charge in [0.05, 0.1) is 24.5 Å². The quantitative estimate of drug-likeness (QED) is 0.638. The summed E-state index contributed by atoms with van der Waals surface area (Å²) in [5.74, 6) is -0.187. The SMILES string of the molecule is CC[NH+](CC)[C@H](CNC(=O)c1ccc(S(=O)(=O)N2CCCC2)cc1)c1ccccc1. The molecule has 0 unspecified atom stereocenters. The van der Waals surface area contributed by atoms with E-state index in [0.717, 1.165) is 25.9 Å². The fourth-order valence-electron chi connectivity index (χ4n) is 4.08. The number of likely N-dealkylation sites (N-methyl/N-ethyl adjacent to an activating group) is 1. The molecule has 1 amide bonds. The van der Waals surface area contributed by atoms with E-state index in [4.69, 9.17) is 0 Å². The summed E-state index contributed by atoms with van der Waals surface area (Å²) in [4.78, 5) is 14.4. The van der Waals surface area contributed by atoms with Crippen LogP contribution in [0.25, 0.3) is 0 Å².